The lowest BCUT2D eigenvalue weighted by Crippen LogP contribution is -2.23. The molecule has 1 heterocycles. The third-order valence-corrected chi connectivity index (χ3v) is 5.42. The van der Waals surface area contributed by atoms with Crippen LogP contribution in [0.4, 0.5) is 5.69 Å². The van der Waals surface area contributed by atoms with Crippen LogP contribution >= 0.6 is 11.8 Å². The van der Waals surface area contributed by atoms with Crippen LogP contribution in [0.15, 0.2) is 72.4 Å². The molecule has 0 saturated carbocycles. The number of thioether (sulfide) groups is 1. The molecular weight excluding hydrogens is 368 g/mol. The summed E-state index contributed by atoms with van der Waals surface area (Å²) in [6.45, 7) is 8.38. The Balaban J connectivity index is 1.73. The maximum atomic E-state index is 12.6. The average Bonchev–Trinajstić information content (AvgIpc) is 3.11. The molecule has 0 bridgehead atoms. The van der Waals surface area contributed by atoms with Gasteiger partial charge in [-0.2, -0.15) is 0 Å². The fraction of sp³-hybridized carbons (Fsp3) is 0.227. The fourth-order valence-corrected chi connectivity index (χ4v) is 3.61. The molecule has 6 heteroatoms. The van der Waals surface area contributed by atoms with E-state index in [1.807, 2.05) is 66.1 Å². The minimum Gasteiger partial charge on any atom is -0.325 e. The Morgan fingerprint density at radius 1 is 1.18 bits per heavy atom. The minimum atomic E-state index is -0.317. The zero-order chi connectivity index (χ0) is 19.9. The molecule has 0 saturated heterocycles. The normalized spacial score (nSPS) is 11.8. The lowest BCUT2D eigenvalue weighted by molar-refractivity contribution is -0.115. The Morgan fingerprint density at radius 2 is 1.89 bits per heavy atom. The third kappa shape index (κ3) is 4.70. The number of allylic oxidation sites excluding steroid dienone is 1. The SMILES string of the molecule is C=CCn1c(SC(C)C(=O)Nc2ccc(CC)cc2)nnc1-c1ccccc1. The number of aromatic nitrogens is 3. The van der Waals surface area contributed by atoms with E-state index in [1.165, 1.54) is 17.3 Å². The van der Waals surface area contributed by atoms with Gasteiger partial charge in [0.2, 0.25) is 5.91 Å². The van der Waals surface area contributed by atoms with Gasteiger partial charge in [-0.25, -0.2) is 0 Å². The van der Waals surface area contributed by atoms with Gasteiger partial charge in [0.05, 0.1) is 5.25 Å². The second kappa shape index (κ2) is 9.37. The number of nitrogens with zero attached hydrogens (tertiary/aromatic N) is 3. The number of carbonyl (C=O) groups excluding carboxylic acids is 1. The van der Waals surface area contributed by atoms with Crippen LogP contribution in [0.25, 0.3) is 11.4 Å². The molecule has 0 aliphatic heterocycles. The van der Waals surface area contributed by atoms with Crippen LogP contribution in [0, 0.1) is 0 Å². The molecule has 1 N–H and O–H groups in total. The lowest BCUT2D eigenvalue weighted by Gasteiger charge is -2.13. The summed E-state index contributed by atoms with van der Waals surface area (Å²) in [6, 6.07) is 17.8. The smallest absolute Gasteiger partial charge is 0.237 e. The molecule has 144 valence electrons. The van der Waals surface area contributed by atoms with Crippen LogP contribution in [0.5, 0.6) is 0 Å². The van der Waals surface area contributed by atoms with Crippen molar-refractivity contribution in [1.82, 2.24) is 14.8 Å². The monoisotopic (exact) mass is 392 g/mol. The van der Waals surface area contributed by atoms with Gasteiger partial charge >= 0.3 is 0 Å². The first-order chi connectivity index (χ1) is 13.6. The van der Waals surface area contributed by atoms with Crippen molar-refractivity contribution in [2.24, 2.45) is 0 Å². The lowest BCUT2D eigenvalue weighted by atomic mass is 10.1. The Labute approximate surface area is 169 Å². The van der Waals surface area contributed by atoms with E-state index in [1.54, 1.807) is 6.08 Å². The number of amides is 1. The molecule has 28 heavy (non-hydrogen) atoms. The summed E-state index contributed by atoms with van der Waals surface area (Å²) in [4.78, 5) is 12.6. The Kier molecular flexibility index (Phi) is 6.66. The summed E-state index contributed by atoms with van der Waals surface area (Å²) in [5.41, 5.74) is 3.02. The van der Waals surface area contributed by atoms with E-state index in [2.05, 4.69) is 29.0 Å². The minimum absolute atomic E-state index is 0.0661. The van der Waals surface area contributed by atoms with Crippen molar-refractivity contribution in [2.75, 3.05) is 5.32 Å². The third-order valence-electron chi connectivity index (χ3n) is 4.34. The molecular formula is C22H24N4OS. The summed E-state index contributed by atoms with van der Waals surface area (Å²) >= 11 is 1.39. The van der Waals surface area contributed by atoms with Gasteiger partial charge in [-0.1, -0.05) is 67.2 Å². The first kappa shape index (κ1) is 19.9. The summed E-state index contributed by atoms with van der Waals surface area (Å²) in [6.07, 6.45) is 2.78. The highest BCUT2D eigenvalue weighted by molar-refractivity contribution is 8.00. The number of benzene rings is 2. The predicted molar refractivity (Wildman–Crippen MR) is 115 cm³/mol. The molecule has 0 aliphatic rings. The molecule has 1 aromatic heterocycles. The van der Waals surface area contributed by atoms with Crippen molar-refractivity contribution in [1.29, 1.82) is 0 Å². The highest BCUT2D eigenvalue weighted by atomic mass is 32.2. The van der Waals surface area contributed by atoms with Crippen LogP contribution in [-0.2, 0) is 17.8 Å². The van der Waals surface area contributed by atoms with Crippen molar-refractivity contribution in [2.45, 2.75) is 37.2 Å². The Bertz CT molecular complexity index is 935. The van der Waals surface area contributed by atoms with E-state index in [0.717, 1.165) is 23.5 Å². The van der Waals surface area contributed by atoms with Gasteiger partial charge in [0.15, 0.2) is 11.0 Å². The highest BCUT2D eigenvalue weighted by Crippen LogP contribution is 2.27. The van der Waals surface area contributed by atoms with Gasteiger partial charge in [0.25, 0.3) is 0 Å². The zero-order valence-corrected chi connectivity index (χ0v) is 16.9. The van der Waals surface area contributed by atoms with Crippen molar-refractivity contribution < 1.29 is 4.79 Å². The quantitative estimate of drug-likeness (QED) is 0.441. The van der Waals surface area contributed by atoms with Crippen molar-refractivity contribution >= 4 is 23.4 Å². The first-order valence-corrected chi connectivity index (χ1v) is 10.2. The molecule has 3 rings (SSSR count). The highest BCUT2D eigenvalue weighted by Gasteiger charge is 2.20. The largest absolute Gasteiger partial charge is 0.325 e. The van der Waals surface area contributed by atoms with E-state index in [9.17, 15) is 4.79 Å². The first-order valence-electron chi connectivity index (χ1n) is 9.28. The van der Waals surface area contributed by atoms with Gasteiger partial charge < -0.3 is 5.32 Å². The van der Waals surface area contributed by atoms with E-state index >= 15 is 0 Å². The van der Waals surface area contributed by atoms with Gasteiger partial charge in [0.1, 0.15) is 0 Å². The van der Waals surface area contributed by atoms with Crippen LogP contribution in [0.2, 0.25) is 0 Å². The number of nitrogens with one attached hydrogen (secondary N) is 1. The summed E-state index contributed by atoms with van der Waals surface area (Å²) in [5.74, 6) is 0.703. The van der Waals surface area contributed by atoms with Crippen LogP contribution in [0.1, 0.15) is 19.4 Å². The molecule has 0 aliphatic carbocycles. The Hall–Kier alpha value is -2.86. The summed E-state index contributed by atoms with van der Waals surface area (Å²) in [7, 11) is 0. The van der Waals surface area contributed by atoms with E-state index in [4.69, 9.17) is 0 Å². The number of rotatable bonds is 8. The second-order valence-corrected chi connectivity index (χ2v) is 7.68. The van der Waals surface area contributed by atoms with Gasteiger partial charge in [-0.05, 0) is 31.0 Å². The second-order valence-electron chi connectivity index (χ2n) is 6.37. The predicted octanol–water partition coefficient (Wildman–Crippen LogP) is 4.81. The van der Waals surface area contributed by atoms with Gasteiger partial charge in [-0.15, -0.1) is 16.8 Å². The van der Waals surface area contributed by atoms with E-state index in [0.29, 0.717) is 11.7 Å². The molecule has 2 aromatic carbocycles. The van der Waals surface area contributed by atoms with Crippen molar-refractivity contribution in [3.8, 4) is 11.4 Å². The van der Waals surface area contributed by atoms with Crippen LogP contribution in [-0.4, -0.2) is 25.9 Å². The number of anilines is 1. The molecule has 1 unspecified atom stereocenters. The topological polar surface area (TPSA) is 59.8 Å². The van der Waals surface area contributed by atoms with Gasteiger partial charge in [0, 0.05) is 17.8 Å². The zero-order valence-electron chi connectivity index (χ0n) is 16.1. The van der Waals surface area contributed by atoms with Crippen LogP contribution in [0.3, 0.4) is 0 Å². The van der Waals surface area contributed by atoms with Crippen molar-refractivity contribution in [3.05, 3.63) is 72.8 Å². The number of hydrogen-bond donors (Lipinski definition) is 1. The maximum absolute atomic E-state index is 12.6. The summed E-state index contributed by atoms with van der Waals surface area (Å²) < 4.78 is 1.98. The number of aryl methyl sites for hydroxylation is 1. The van der Waals surface area contributed by atoms with Gasteiger partial charge in [-0.3, -0.25) is 9.36 Å². The van der Waals surface area contributed by atoms with Crippen molar-refractivity contribution in [3.63, 3.8) is 0 Å². The molecule has 0 spiro atoms. The Morgan fingerprint density at radius 3 is 2.54 bits per heavy atom. The fourth-order valence-electron chi connectivity index (χ4n) is 2.75. The molecule has 3 aromatic rings. The van der Waals surface area contributed by atoms with E-state index in [-0.39, 0.29) is 11.2 Å². The average molecular weight is 393 g/mol. The summed E-state index contributed by atoms with van der Waals surface area (Å²) in [5, 5.41) is 12.0. The molecule has 0 radical (unpaired) electrons. The van der Waals surface area contributed by atoms with Crippen LogP contribution < -0.4 is 5.32 Å². The van der Waals surface area contributed by atoms with E-state index < -0.39 is 0 Å². The number of hydrogen-bond acceptors (Lipinski definition) is 4. The molecule has 0 fully saturated rings. The number of carbonyl (C=O) groups is 1. The maximum Gasteiger partial charge on any atom is 0.237 e. The molecule has 1 amide bonds. The standard InChI is InChI=1S/C22H24N4OS/c1-4-15-26-20(18-9-7-6-8-10-18)24-25-22(26)28-16(3)21(27)23-19-13-11-17(5-2)12-14-19/h4,6-14,16H,1,5,15H2,2-3H3,(H,23,27). The molecule has 1 atom stereocenters. The molecule has 5 nitrogen and oxygen atoms in total.